The highest BCUT2D eigenvalue weighted by atomic mass is 16.5. The van der Waals surface area contributed by atoms with E-state index in [1.165, 1.54) is 13.4 Å². The second kappa shape index (κ2) is 4.90. The Hall–Kier alpha value is -1.40. The van der Waals surface area contributed by atoms with Gasteiger partial charge in [0.1, 0.15) is 6.10 Å². The van der Waals surface area contributed by atoms with Crippen LogP contribution in [0.5, 0.6) is 0 Å². The number of aromatic amines is 1. The van der Waals surface area contributed by atoms with Gasteiger partial charge in [-0.1, -0.05) is 0 Å². The van der Waals surface area contributed by atoms with Gasteiger partial charge < -0.3 is 19.9 Å². The van der Waals surface area contributed by atoms with Crippen molar-refractivity contribution < 1.29 is 19.7 Å². The maximum absolute atomic E-state index is 10.9. The van der Waals surface area contributed by atoms with Crippen molar-refractivity contribution in [2.45, 2.75) is 25.6 Å². The molecule has 2 unspecified atom stereocenters. The fraction of sp³-hybridized carbons (Fsp3) is 0.556. The fourth-order valence-corrected chi connectivity index (χ4v) is 1.22. The van der Waals surface area contributed by atoms with Crippen molar-refractivity contribution in [1.29, 1.82) is 0 Å². The second-order valence-corrected chi connectivity index (χ2v) is 3.21. The van der Waals surface area contributed by atoms with Crippen LogP contribution in [-0.4, -0.2) is 39.4 Å². The summed E-state index contributed by atoms with van der Waals surface area (Å²) < 4.78 is 4.38. The highest BCUT2D eigenvalue weighted by Gasteiger charge is 2.24. The molecule has 0 aliphatic carbocycles. The summed E-state index contributed by atoms with van der Waals surface area (Å²) in [5, 5.41) is 19.2. The molecule has 1 heterocycles. The van der Waals surface area contributed by atoms with Gasteiger partial charge in [-0.2, -0.15) is 0 Å². The van der Waals surface area contributed by atoms with Crippen LogP contribution in [0.2, 0.25) is 0 Å². The number of esters is 1. The van der Waals surface area contributed by atoms with E-state index in [9.17, 15) is 15.0 Å². The molecule has 6 heteroatoms. The molecule has 0 aromatic carbocycles. The van der Waals surface area contributed by atoms with E-state index in [0.717, 1.165) is 0 Å². The molecule has 84 valence electrons. The van der Waals surface area contributed by atoms with Crippen LogP contribution in [0.15, 0.2) is 6.33 Å². The molecule has 0 aliphatic rings. The lowest BCUT2D eigenvalue weighted by molar-refractivity contribution is -0.144. The van der Waals surface area contributed by atoms with Gasteiger partial charge in [-0.15, -0.1) is 0 Å². The van der Waals surface area contributed by atoms with Crippen molar-refractivity contribution in [3.63, 3.8) is 0 Å². The summed E-state index contributed by atoms with van der Waals surface area (Å²) in [4.78, 5) is 17.5. The summed E-state index contributed by atoms with van der Waals surface area (Å²) in [7, 11) is 1.22. The average molecular weight is 214 g/mol. The molecular weight excluding hydrogens is 200 g/mol. The summed E-state index contributed by atoms with van der Waals surface area (Å²) >= 11 is 0. The highest BCUT2D eigenvalue weighted by molar-refractivity contribution is 5.69. The third-order valence-electron chi connectivity index (χ3n) is 2.12. The minimum Gasteiger partial charge on any atom is -0.469 e. The normalized spacial score (nSPS) is 14.7. The third-order valence-corrected chi connectivity index (χ3v) is 2.12. The van der Waals surface area contributed by atoms with Crippen LogP contribution >= 0.6 is 0 Å². The van der Waals surface area contributed by atoms with Gasteiger partial charge in [0.2, 0.25) is 0 Å². The number of nitrogens with one attached hydrogen (secondary N) is 1. The van der Waals surface area contributed by atoms with Crippen LogP contribution in [0.1, 0.15) is 23.9 Å². The molecule has 2 atom stereocenters. The van der Waals surface area contributed by atoms with Crippen molar-refractivity contribution >= 4 is 5.97 Å². The summed E-state index contributed by atoms with van der Waals surface area (Å²) in [5.74, 6) is -0.574. The van der Waals surface area contributed by atoms with E-state index in [1.54, 1.807) is 6.92 Å². The lowest BCUT2D eigenvalue weighted by Gasteiger charge is -2.15. The van der Waals surface area contributed by atoms with Gasteiger partial charge in [-0.3, -0.25) is 4.79 Å². The number of aromatic nitrogens is 2. The van der Waals surface area contributed by atoms with Gasteiger partial charge in [-0.05, 0) is 6.92 Å². The molecule has 0 saturated carbocycles. The number of hydrogen-bond donors (Lipinski definition) is 3. The molecule has 0 spiro atoms. The molecule has 1 aromatic heterocycles. The van der Waals surface area contributed by atoms with E-state index >= 15 is 0 Å². The number of aryl methyl sites for hydroxylation is 1. The Morgan fingerprint density at radius 3 is 2.80 bits per heavy atom. The van der Waals surface area contributed by atoms with E-state index < -0.39 is 18.2 Å². The monoisotopic (exact) mass is 214 g/mol. The molecular formula is C9H14N2O4. The summed E-state index contributed by atoms with van der Waals surface area (Å²) in [5.41, 5.74) is 0.998. The predicted octanol–water partition coefficient (Wildman–Crippen LogP) is -0.324. The number of carbonyl (C=O) groups is 1. The highest BCUT2D eigenvalue weighted by Crippen LogP contribution is 2.19. The Morgan fingerprint density at radius 1 is 1.67 bits per heavy atom. The zero-order valence-corrected chi connectivity index (χ0v) is 8.60. The number of aliphatic hydroxyl groups excluding tert-OH is 2. The first kappa shape index (κ1) is 11.7. The van der Waals surface area contributed by atoms with Gasteiger partial charge in [0.05, 0.1) is 31.7 Å². The molecule has 15 heavy (non-hydrogen) atoms. The number of nitrogens with zero attached hydrogens (tertiary/aromatic N) is 1. The summed E-state index contributed by atoms with van der Waals surface area (Å²) in [6.07, 6.45) is -1.24. The number of rotatable bonds is 4. The Kier molecular flexibility index (Phi) is 3.81. The number of ether oxygens (including phenoxy) is 1. The first-order chi connectivity index (χ1) is 7.06. The molecule has 0 amide bonds. The van der Waals surface area contributed by atoms with E-state index in [-0.39, 0.29) is 6.42 Å². The lowest BCUT2D eigenvalue weighted by Crippen LogP contribution is -2.23. The third kappa shape index (κ3) is 2.77. The predicted molar refractivity (Wildman–Crippen MR) is 50.9 cm³/mol. The zero-order valence-electron chi connectivity index (χ0n) is 8.60. The molecule has 1 aromatic rings. The van der Waals surface area contributed by atoms with Crippen LogP contribution in [0.4, 0.5) is 0 Å². The quantitative estimate of drug-likeness (QED) is 0.597. The SMILES string of the molecule is COC(=O)CC(O)C(O)c1nc[nH]c1C. The first-order valence-electron chi connectivity index (χ1n) is 4.49. The van der Waals surface area contributed by atoms with Crippen LogP contribution in [0, 0.1) is 6.92 Å². The topological polar surface area (TPSA) is 95.4 Å². The van der Waals surface area contributed by atoms with E-state index in [0.29, 0.717) is 11.4 Å². The molecule has 1 rings (SSSR count). The lowest BCUT2D eigenvalue weighted by atomic mass is 10.1. The van der Waals surface area contributed by atoms with Crippen molar-refractivity contribution in [3.8, 4) is 0 Å². The minimum absolute atomic E-state index is 0.260. The van der Waals surface area contributed by atoms with Gasteiger partial charge in [0, 0.05) is 5.69 Å². The molecule has 0 fully saturated rings. The smallest absolute Gasteiger partial charge is 0.308 e. The number of carbonyl (C=O) groups excluding carboxylic acids is 1. The Bertz CT molecular complexity index is 337. The standard InChI is InChI=1S/C9H14N2O4/c1-5-8(11-4-10-5)9(14)6(12)3-7(13)15-2/h4,6,9,12,14H,3H2,1-2H3,(H,10,11). The average Bonchev–Trinajstić information content (AvgIpc) is 2.63. The van der Waals surface area contributed by atoms with Gasteiger partial charge in [0.25, 0.3) is 0 Å². The second-order valence-electron chi connectivity index (χ2n) is 3.21. The molecule has 0 aliphatic heterocycles. The van der Waals surface area contributed by atoms with E-state index in [1.807, 2.05) is 0 Å². The summed E-state index contributed by atoms with van der Waals surface area (Å²) in [6, 6.07) is 0. The van der Waals surface area contributed by atoms with Crippen LogP contribution in [-0.2, 0) is 9.53 Å². The van der Waals surface area contributed by atoms with Crippen molar-refractivity contribution in [2.75, 3.05) is 7.11 Å². The number of hydrogen-bond acceptors (Lipinski definition) is 5. The van der Waals surface area contributed by atoms with Crippen molar-refractivity contribution in [3.05, 3.63) is 17.7 Å². The largest absolute Gasteiger partial charge is 0.469 e. The van der Waals surface area contributed by atoms with E-state index in [4.69, 9.17) is 0 Å². The van der Waals surface area contributed by atoms with Crippen molar-refractivity contribution in [2.24, 2.45) is 0 Å². The molecule has 6 nitrogen and oxygen atoms in total. The van der Waals surface area contributed by atoms with Gasteiger partial charge >= 0.3 is 5.97 Å². The zero-order chi connectivity index (χ0) is 11.4. The molecule has 0 saturated heterocycles. The molecule has 0 radical (unpaired) electrons. The maximum Gasteiger partial charge on any atom is 0.308 e. The van der Waals surface area contributed by atoms with Gasteiger partial charge in [0.15, 0.2) is 0 Å². The first-order valence-corrected chi connectivity index (χ1v) is 4.49. The Balaban J connectivity index is 2.64. The minimum atomic E-state index is -1.21. The number of imidazole rings is 1. The number of H-pyrrole nitrogens is 1. The summed E-state index contributed by atoms with van der Waals surface area (Å²) in [6.45, 7) is 1.72. The molecule has 3 N–H and O–H groups in total. The van der Waals surface area contributed by atoms with Crippen molar-refractivity contribution in [1.82, 2.24) is 9.97 Å². The Labute approximate surface area is 86.9 Å². The van der Waals surface area contributed by atoms with Crippen LogP contribution in [0.3, 0.4) is 0 Å². The maximum atomic E-state index is 10.9. The Morgan fingerprint density at radius 2 is 2.33 bits per heavy atom. The number of aliphatic hydroxyl groups is 2. The molecule has 0 bridgehead atoms. The fourth-order valence-electron chi connectivity index (χ4n) is 1.22. The van der Waals surface area contributed by atoms with E-state index in [2.05, 4.69) is 14.7 Å². The van der Waals surface area contributed by atoms with Gasteiger partial charge in [-0.25, -0.2) is 4.98 Å². The number of methoxy groups -OCH3 is 1. The van der Waals surface area contributed by atoms with Crippen LogP contribution < -0.4 is 0 Å². The van der Waals surface area contributed by atoms with Crippen LogP contribution in [0.25, 0.3) is 0 Å².